The average molecular weight is 328 g/mol. The summed E-state index contributed by atoms with van der Waals surface area (Å²) in [7, 11) is 0. The van der Waals surface area contributed by atoms with Crippen LogP contribution in [0.1, 0.15) is 30.7 Å². The second-order valence-electron chi connectivity index (χ2n) is 6.70. The summed E-state index contributed by atoms with van der Waals surface area (Å²) in [5, 5.41) is 23.8. The maximum atomic E-state index is 12.7. The number of aromatic nitrogens is 1. The van der Waals surface area contributed by atoms with Gasteiger partial charge in [-0.1, -0.05) is 18.2 Å². The Morgan fingerprint density at radius 3 is 2.60 bits per heavy atom. The zero-order valence-electron chi connectivity index (χ0n) is 14.0. The molecule has 0 saturated carbocycles. The van der Waals surface area contributed by atoms with Gasteiger partial charge in [-0.05, 0) is 49.6 Å². The molecule has 4 heteroatoms. The van der Waals surface area contributed by atoms with E-state index in [9.17, 15) is 10.5 Å². The highest BCUT2D eigenvalue weighted by Crippen LogP contribution is 2.39. The van der Waals surface area contributed by atoms with E-state index < -0.39 is 5.60 Å². The third-order valence-electron chi connectivity index (χ3n) is 4.32. The van der Waals surface area contributed by atoms with Crippen LogP contribution in [0.5, 0.6) is 5.75 Å². The summed E-state index contributed by atoms with van der Waals surface area (Å²) >= 11 is 0. The molecular weight excluding hydrogens is 312 g/mol. The smallest absolute Gasteiger partial charge is 0.224 e. The molecule has 0 N–H and O–H groups in total. The van der Waals surface area contributed by atoms with Gasteiger partial charge in [0.25, 0.3) is 0 Å². The Morgan fingerprint density at radius 1 is 1.08 bits per heavy atom. The SMILES string of the molecule is CC1(C)C=C(c2cc3ccccc3c[n+]2[O-])c2cc(C#N)ccc2O1. The molecule has 0 aliphatic carbocycles. The van der Waals surface area contributed by atoms with Crippen LogP contribution in [0, 0.1) is 16.5 Å². The number of ether oxygens (including phenoxy) is 1. The molecule has 4 rings (SSSR count). The van der Waals surface area contributed by atoms with Crippen LogP contribution in [0.2, 0.25) is 0 Å². The Morgan fingerprint density at radius 2 is 1.84 bits per heavy atom. The lowest BCUT2D eigenvalue weighted by atomic mass is 9.91. The third-order valence-corrected chi connectivity index (χ3v) is 4.32. The molecule has 1 aliphatic heterocycles. The minimum Gasteiger partial charge on any atom is -0.618 e. The van der Waals surface area contributed by atoms with Crippen LogP contribution in [0.25, 0.3) is 16.3 Å². The number of hydrogen-bond donors (Lipinski definition) is 0. The number of hydrogen-bond acceptors (Lipinski definition) is 3. The molecule has 0 saturated heterocycles. The average Bonchev–Trinajstić information content (AvgIpc) is 2.59. The molecule has 0 radical (unpaired) electrons. The first-order valence-corrected chi connectivity index (χ1v) is 8.05. The largest absolute Gasteiger partial charge is 0.618 e. The van der Waals surface area contributed by atoms with Crippen molar-refractivity contribution in [2.75, 3.05) is 0 Å². The van der Waals surface area contributed by atoms with Crippen LogP contribution in [-0.4, -0.2) is 5.60 Å². The monoisotopic (exact) mass is 328 g/mol. The molecule has 0 bridgehead atoms. The maximum Gasteiger partial charge on any atom is 0.224 e. The van der Waals surface area contributed by atoms with E-state index in [1.54, 1.807) is 24.4 Å². The van der Waals surface area contributed by atoms with Gasteiger partial charge in [-0.15, -0.1) is 0 Å². The normalized spacial score (nSPS) is 15.0. The number of nitrogens with zero attached hydrogens (tertiary/aromatic N) is 2. The van der Waals surface area contributed by atoms with Gasteiger partial charge >= 0.3 is 0 Å². The van der Waals surface area contributed by atoms with Crippen molar-refractivity contribution in [2.24, 2.45) is 0 Å². The predicted octanol–water partition coefficient (Wildman–Crippen LogP) is 3.95. The van der Waals surface area contributed by atoms with Gasteiger partial charge in [0.2, 0.25) is 5.69 Å². The Bertz CT molecular complexity index is 1070. The van der Waals surface area contributed by atoms with E-state index in [0.29, 0.717) is 17.0 Å². The van der Waals surface area contributed by atoms with Gasteiger partial charge in [0.1, 0.15) is 11.4 Å². The summed E-state index contributed by atoms with van der Waals surface area (Å²) in [6.07, 6.45) is 3.52. The number of pyridine rings is 1. The van der Waals surface area contributed by atoms with Crippen LogP contribution in [0.4, 0.5) is 0 Å². The fourth-order valence-electron chi connectivity index (χ4n) is 3.21. The minimum absolute atomic E-state index is 0.534. The Hall–Kier alpha value is -3.32. The molecule has 3 aromatic rings. The lowest BCUT2D eigenvalue weighted by Crippen LogP contribution is -2.34. The fourth-order valence-corrected chi connectivity index (χ4v) is 3.21. The van der Waals surface area contributed by atoms with Crippen LogP contribution in [-0.2, 0) is 0 Å². The van der Waals surface area contributed by atoms with Crippen molar-refractivity contribution in [3.8, 4) is 11.8 Å². The lowest BCUT2D eigenvalue weighted by molar-refractivity contribution is -0.606. The summed E-state index contributed by atoms with van der Waals surface area (Å²) in [6, 6.07) is 17.1. The number of rotatable bonds is 1. The van der Waals surface area contributed by atoms with Gasteiger partial charge in [-0.25, -0.2) is 0 Å². The summed E-state index contributed by atoms with van der Waals surface area (Å²) in [4.78, 5) is 0. The highest BCUT2D eigenvalue weighted by atomic mass is 16.5. The summed E-state index contributed by atoms with van der Waals surface area (Å²) < 4.78 is 6.89. The van der Waals surface area contributed by atoms with E-state index in [4.69, 9.17) is 4.74 Å². The number of fused-ring (bicyclic) bond motifs is 2. The molecule has 4 nitrogen and oxygen atoms in total. The van der Waals surface area contributed by atoms with Crippen LogP contribution >= 0.6 is 0 Å². The Labute approximate surface area is 145 Å². The molecule has 1 aliphatic rings. The molecule has 122 valence electrons. The second-order valence-corrected chi connectivity index (χ2v) is 6.70. The van der Waals surface area contributed by atoms with Gasteiger partial charge in [-0.3, -0.25) is 0 Å². The number of nitriles is 1. The maximum absolute atomic E-state index is 12.7. The van der Waals surface area contributed by atoms with Gasteiger partial charge < -0.3 is 9.94 Å². The molecule has 25 heavy (non-hydrogen) atoms. The zero-order valence-corrected chi connectivity index (χ0v) is 14.0. The van der Waals surface area contributed by atoms with Gasteiger partial charge in [0.15, 0.2) is 6.20 Å². The van der Waals surface area contributed by atoms with Crippen LogP contribution in [0.3, 0.4) is 0 Å². The van der Waals surface area contributed by atoms with Crippen molar-refractivity contribution < 1.29 is 9.47 Å². The Balaban J connectivity index is 1.99. The summed E-state index contributed by atoms with van der Waals surface area (Å²) in [6.45, 7) is 3.90. The lowest BCUT2D eigenvalue weighted by Gasteiger charge is -2.30. The molecule has 2 heterocycles. The van der Waals surface area contributed by atoms with E-state index in [2.05, 4.69) is 6.07 Å². The van der Waals surface area contributed by atoms with E-state index in [-0.39, 0.29) is 0 Å². The first-order chi connectivity index (χ1) is 12.0. The molecule has 0 unspecified atom stereocenters. The molecule has 1 aromatic heterocycles. The molecule has 0 spiro atoms. The first kappa shape index (κ1) is 15.2. The summed E-state index contributed by atoms with van der Waals surface area (Å²) in [5.74, 6) is 0.676. The quantitative estimate of drug-likeness (QED) is 0.502. The van der Waals surface area contributed by atoms with E-state index in [0.717, 1.165) is 26.6 Å². The van der Waals surface area contributed by atoms with Crippen LogP contribution in [0.15, 0.2) is 60.8 Å². The number of benzene rings is 2. The molecular formula is C21H16N2O2. The van der Waals surface area contributed by atoms with Crippen molar-refractivity contribution >= 4 is 16.3 Å². The van der Waals surface area contributed by atoms with Crippen molar-refractivity contribution in [1.29, 1.82) is 5.26 Å². The third kappa shape index (κ3) is 2.60. The minimum atomic E-state index is -0.546. The summed E-state index contributed by atoms with van der Waals surface area (Å²) in [5.41, 5.74) is 2.08. The standard InChI is InChI=1S/C21H16N2O2/c1-21(2)11-18(17-9-14(12-22)7-8-20(17)25-21)19-10-15-5-3-4-6-16(15)13-23(19)24/h3-11,13H,1-2H3. The van der Waals surface area contributed by atoms with Gasteiger partial charge in [0, 0.05) is 17.0 Å². The predicted molar refractivity (Wildman–Crippen MR) is 95.9 cm³/mol. The van der Waals surface area contributed by atoms with E-state index in [1.807, 2.05) is 50.3 Å². The van der Waals surface area contributed by atoms with Crippen molar-refractivity contribution in [2.45, 2.75) is 19.4 Å². The molecule has 0 atom stereocenters. The second kappa shape index (κ2) is 5.35. The van der Waals surface area contributed by atoms with Crippen LogP contribution < -0.4 is 9.47 Å². The molecule has 0 amide bonds. The van der Waals surface area contributed by atoms with Gasteiger partial charge in [-0.2, -0.15) is 9.99 Å². The van der Waals surface area contributed by atoms with Gasteiger partial charge in [0.05, 0.1) is 17.2 Å². The Kier molecular flexibility index (Phi) is 3.26. The topological polar surface area (TPSA) is 60.0 Å². The van der Waals surface area contributed by atoms with E-state index in [1.165, 1.54) is 0 Å². The highest BCUT2D eigenvalue weighted by molar-refractivity contribution is 5.88. The fraction of sp³-hybridized carbons (Fsp3) is 0.143. The highest BCUT2D eigenvalue weighted by Gasteiger charge is 2.30. The van der Waals surface area contributed by atoms with Crippen molar-refractivity contribution in [3.63, 3.8) is 0 Å². The first-order valence-electron chi connectivity index (χ1n) is 8.05. The molecule has 2 aromatic carbocycles. The van der Waals surface area contributed by atoms with Crippen molar-refractivity contribution in [3.05, 3.63) is 82.8 Å². The zero-order chi connectivity index (χ0) is 17.6. The molecule has 0 fully saturated rings. The van der Waals surface area contributed by atoms with E-state index >= 15 is 0 Å². The van der Waals surface area contributed by atoms with Crippen molar-refractivity contribution in [1.82, 2.24) is 0 Å².